The van der Waals surface area contributed by atoms with Crippen LogP contribution in [0.2, 0.25) is 5.02 Å². The van der Waals surface area contributed by atoms with Crippen molar-refractivity contribution in [3.05, 3.63) is 57.2 Å². The van der Waals surface area contributed by atoms with Gasteiger partial charge in [-0.1, -0.05) is 29.8 Å². The number of piperidine rings is 1. The predicted molar refractivity (Wildman–Crippen MR) is 105 cm³/mol. The lowest BCUT2D eigenvalue weighted by atomic mass is 9.95. The molecule has 1 amide bonds. The summed E-state index contributed by atoms with van der Waals surface area (Å²) in [7, 11) is 1.71. The summed E-state index contributed by atoms with van der Waals surface area (Å²) in [6.45, 7) is 1.34. The number of aryl methyl sites for hydroxylation is 1. The van der Waals surface area contributed by atoms with Gasteiger partial charge in [0.1, 0.15) is 5.82 Å². The smallest absolute Gasteiger partial charge is 0.339 e. The molecule has 142 valence electrons. The Morgan fingerprint density at radius 2 is 1.89 bits per heavy atom. The van der Waals surface area contributed by atoms with Gasteiger partial charge in [-0.3, -0.25) is 9.36 Å². The van der Waals surface area contributed by atoms with Gasteiger partial charge in [0.25, 0.3) is 0 Å². The van der Waals surface area contributed by atoms with Crippen LogP contribution < -0.4 is 5.69 Å². The molecular formula is C20H23ClN4O2. The maximum absolute atomic E-state index is 12.5. The van der Waals surface area contributed by atoms with Gasteiger partial charge in [0.15, 0.2) is 0 Å². The standard InChI is InChI=1S/C20H23ClN4O2/c1-23-20(27)25(16-7-8-16)19(22-23)15-10-12-24(13-11-15)18(26)9-6-14-4-2-3-5-17(14)21/h2-6,9,15-16H,7-8,10-13H2,1H3/b9-6+. The minimum absolute atomic E-state index is 0.00558. The molecular weight excluding hydrogens is 364 g/mol. The molecule has 1 saturated heterocycles. The fraction of sp³-hybridized carbons (Fsp3) is 0.450. The Balaban J connectivity index is 1.41. The fourth-order valence-corrected chi connectivity index (χ4v) is 3.89. The maximum Gasteiger partial charge on any atom is 0.345 e. The van der Waals surface area contributed by atoms with Crippen molar-refractivity contribution in [3.8, 4) is 0 Å². The molecule has 1 aromatic carbocycles. The number of amides is 1. The number of carbonyl (C=O) groups excluding carboxylic acids is 1. The highest BCUT2D eigenvalue weighted by molar-refractivity contribution is 6.32. The molecule has 1 aliphatic heterocycles. The van der Waals surface area contributed by atoms with Crippen LogP contribution in [-0.2, 0) is 11.8 Å². The normalized spacial score (nSPS) is 18.4. The molecule has 1 aromatic heterocycles. The van der Waals surface area contributed by atoms with E-state index in [4.69, 9.17) is 11.6 Å². The third-order valence-corrected chi connectivity index (χ3v) is 5.72. The van der Waals surface area contributed by atoms with Crippen molar-refractivity contribution >= 4 is 23.6 Å². The van der Waals surface area contributed by atoms with Gasteiger partial charge in [-0.15, -0.1) is 0 Å². The summed E-state index contributed by atoms with van der Waals surface area (Å²) >= 11 is 6.13. The third-order valence-electron chi connectivity index (χ3n) is 5.38. The first-order valence-corrected chi connectivity index (χ1v) is 9.79. The van der Waals surface area contributed by atoms with Gasteiger partial charge in [-0.25, -0.2) is 9.48 Å². The quantitative estimate of drug-likeness (QED) is 0.759. The molecule has 7 heteroatoms. The van der Waals surface area contributed by atoms with Gasteiger partial charge < -0.3 is 4.90 Å². The number of aromatic nitrogens is 3. The van der Waals surface area contributed by atoms with E-state index in [2.05, 4.69) is 5.10 Å². The Bertz CT molecular complexity index is 934. The van der Waals surface area contributed by atoms with E-state index in [1.807, 2.05) is 33.7 Å². The Kier molecular flexibility index (Phi) is 4.91. The van der Waals surface area contributed by atoms with Gasteiger partial charge >= 0.3 is 5.69 Å². The van der Waals surface area contributed by atoms with Gasteiger partial charge in [0.2, 0.25) is 5.91 Å². The molecule has 1 aliphatic carbocycles. The minimum Gasteiger partial charge on any atom is -0.339 e. The van der Waals surface area contributed by atoms with Crippen LogP contribution in [-0.4, -0.2) is 38.2 Å². The van der Waals surface area contributed by atoms with E-state index in [-0.39, 0.29) is 17.5 Å². The number of halogens is 1. The van der Waals surface area contributed by atoms with Crippen LogP contribution in [0.25, 0.3) is 6.08 Å². The van der Waals surface area contributed by atoms with Crippen molar-refractivity contribution in [2.75, 3.05) is 13.1 Å². The molecule has 2 aromatic rings. The van der Waals surface area contributed by atoms with E-state index in [1.54, 1.807) is 19.2 Å². The van der Waals surface area contributed by atoms with Gasteiger partial charge in [-0.05, 0) is 43.4 Å². The van der Waals surface area contributed by atoms with E-state index < -0.39 is 0 Å². The molecule has 0 unspecified atom stereocenters. The Labute approximate surface area is 163 Å². The lowest BCUT2D eigenvalue weighted by molar-refractivity contribution is -0.127. The zero-order valence-electron chi connectivity index (χ0n) is 15.3. The molecule has 4 rings (SSSR count). The molecule has 6 nitrogen and oxygen atoms in total. The van der Waals surface area contributed by atoms with Crippen LogP contribution in [0.1, 0.15) is 49.0 Å². The van der Waals surface area contributed by atoms with Gasteiger partial charge in [-0.2, -0.15) is 5.10 Å². The van der Waals surface area contributed by atoms with Crippen LogP contribution >= 0.6 is 11.6 Å². The van der Waals surface area contributed by atoms with Crippen LogP contribution in [0.15, 0.2) is 35.1 Å². The second kappa shape index (κ2) is 7.35. The van der Waals surface area contributed by atoms with Crippen LogP contribution in [0.5, 0.6) is 0 Å². The van der Waals surface area contributed by atoms with Crippen molar-refractivity contribution in [2.45, 2.75) is 37.6 Å². The van der Waals surface area contributed by atoms with E-state index in [9.17, 15) is 9.59 Å². The number of hydrogen-bond acceptors (Lipinski definition) is 3. The van der Waals surface area contributed by atoms with Crippen molar-refractivity contribution in [2.24, 2.45) is 7.05 Å². The Morgan fingerprint density at radius 3 is 2.56 bits per heavy atom. The summed E-state index contributed by atoms with van der Waals surface area (Å²) in [4.78, 5) is 26.7. The predicted octanol–water partition coefficient (Wildman–Crippen LogP) is 2.99. The topological polar surface area (TPSA) is 60.1 Å². The Morgan fingerprint density at radius 1 is 1.19 bits per heavy atom. The number of carbonyl (C=O) groups is 1. The first kappa shape index (κ1) is 18.0. The molecule has 27 heavy (non-hydrogen) atoms. The van der Waals surface area contributed by atoms with Gasteiger partial charge in [0, 0.05) is 43.2 Å². The maximum atomic E-state index is 12.5. The highest BCUT2D eigenvalue weighted by Crippen LogP contribution is 2.37. The average Bonchev–Trinajstić information content (AvgIpc) is 3.47. The summed E-state index contributed by atoms with van der Waals surface area (Å²) in [6, 6.07) is 7.78. The fourth-order valence-electron chi connectivity index (χ4n) is 3.69. The molecule has 0 atom stereocenters. The molecule has 2 fully saturated rings. The molecule has 0 bridgehead atoms. The zero-order chi connectivity index (χ0) is 19.0. The van der Waals surface area contributed by atoms with E-state index in [0.717, 1.165) is 37.1 Å². The summed E-state index contributed by atoms with van der Waals surface area (Å²) in [5.41, 5.74) is 0.818. The van der Waals surface area contributed by atoms with E-state index in [0.29, 0.717) is 24.2 Å². The van der Waals surface area contributed by atoms with Crippen LogP contribution in [0, 0.1) is 0 Å². The van der Waals surface area contributed by atoms with E-state index in [1.165, 1.54) is 4.68 Å². The van der Waals surface area contributed by atoms with Crippen molar-refractivity contribution in [1.29, 1.82) is 0 Å². The number of benzene rings is 1. The molecule has 1 saturated carbocycles. The number of likely N-dealkylation sites (tertiary alicyclic amines) is 1. The summed E-state index contributed by atoms with van der Waals surface area (Å²) in [5.74, 6) is 1.12. The molecule has 0 N–H and O–H groups in total. The monoisotopic (exact) mass is 386 g/mol. The lowest BCUT2D eigenvalue weighted by Crippen LogP contribution is -2.37. The molecule has 2 aliphatic rings. The minimum atomic E-state index is -0.0197. The van der Waals surface area contributed by atoms with Gasteiger partial charge in [0.05, 0.1) is 0 Å². The number of nitrogens with zero attached hydrogens (tertiary/aromatic N) is 4. The second-order valence-corrected chi connectivity index (χ2v) is 7.73. The van der Waals surface area contributed by atoms with Crippen molar-refractivity contribution < 1.29 is 4.79 Å². The van der Waals surface area contributed by atoms with Crippen molar-refractivity contribution in [3.63, 3.8) is 0 Å². The number of hydrogen-bond donors (Lipinski definition) is 0. The average molecular weight is 387 g/mol. The summed E-state index contributed by atoms with van der Waals surface area (Å²) in [6.07, 6.45) is 7.12. The molecule has 0 radical (unpaired) electrons. The van der Waals surface area contributed by atoms with Crippen LogP contribution in [0.3, 0.4) is 0 Å². The highest BCUT2D eigenvalue weighted by Gasteiger charge is 2.33. The van der Waals surface area contributed by atoms with Crippen molar-refractivity contribution in [1.82, 2.24) is 19.2 Å². The molecule has 0 spiro atoms. The largest absolute Gasteiger partial charge is 0.345 e. The summed E-state index contributed by atoms with van der Waals surface area (Å²) in [5, 5.41) is 5.12. The summed E-state index contributed by atoms with van der Waals surface area (Å²) < 4.78 is 3.32. The highest BCUT2D eigenvalue weighted by atomic mass is 35.5. The first-order valence-electron chi connectivity index (χ1n) is 9.41. The third kappa shape index (κ3) is 3.72. The lowest BCUT2D eigenvalue weighted by Gasteiger charge is -2.31. The Hall–Kier alpha value is -2.34. The first-order chi connectivity index (χ1) is 13.0. The zero-order valence-corrected chi connectivity index (χ0v) is 16.1. The SMILES string of the molecule is Cn1nc(C2CCN(C(=O)/C=C/c3ccccc3Cl)CC2)n(C2CC2)c1=O. The number of rotatable bonds is 4. The second-order valence-electron chi connectivity index (χ2n) is 7.32. The molecule has 2 heterocycles. The van der Waals surface area contributed by atoms with E-state index >= 15 is 0 Å². The van der Waals surface area contributed by atoms with Crippen LogP contribution in [0.4, 0.5) is 0 Å².